The number of nitrogens with two attached hydrogens (primary N) is 1. The molecule has 1 fully saturated rings. The second-order valence-electron chi connectivity index (χ2n) is 4.04. The van der Waals surface area contributed by atoms with Crippen LogP contribution in [0.1, 0.15) is 24.0 Å². The molecule has 94 valence electrons. The summed E-state index contributed by atoms with van der Waals surface area (Å²) in [6.45, 7) is 0.0160. The Bertz CT molecular complexity index is 529. The van der Waals surface area contributed by atoms with Crippen LogP contribution in [0, 0.1) is 5.82 Å². The van der Waals surface area contributed by atoms with Crippen molar-refractivity contribution in [3.05, 3.63) is 35.1 Å². The quantitative estimate of drug-likeness (QED) is 0.657. The third kappa shape index (κ3) is 2.38. The number of thiocarbonyl (C=S) groups is 1. The van der Waals surface area contributed by atoms with E-state index < -0.39 is 5.82 Å². The summed E-state index contributed by atoms with van der Waals surface area (Å²) in [6, 6.07) is 3.94. The van der Waals surface area contributed by atoms with Crippen LogP contribution in [0.2, 0.25) is 0 Å². The number of rotatable bonds is 3. The molecule has 0 aromatic heterocycles. The van der Waals surface area contributed by atoms with E-state index in [2.05, 4.69) is 0 Å². The molecule has 1 aromatic carbocycles. The largest absolute Gasteiger partial charge is 0.389 e. The molecule has 0 bridgehead atoms. The van der Waals surface area contributed by atoms with Crippen LogP contribution in [0.5, 0.6) is 0 Å². The van der Waals surface area contributed by atoms with Gasteiger partial charge in [0.15, 0.2) is 0 Å². The van der Waals surface area contributed by atoms with E-state index in [1.54, 1.807) is 0 Å². The van der Waals surface area contributed by atoms with E-state index >= 15 is 0 Å². The molecular weight excluding hydrogens is 255 g/mol. The molecule has 0 spiro atoms. The molecule has 6 heteroatoms. The predicted molar refractivity (Wildman–Crippen MR) is 67.1 cm³/mol. The van der Waals surface area contributed by atoms with Crippen molar-refractivity contribution >= 4 is 29.0 Å². The standard InChI is InChI=1S/C12H11FN2O2S/c13-8-1-2-9(12(14)18)7(5-8)6-15-10(16)3-4-11(15)17/h1-2,5H,3-4,6H2,(H2,14,18). The molecule has 0 aliphatic carbocycles. The number of amides is 2. The Balaban J connectivity index is 2.33. The molecule has 0 saturated carbocycles. The highest BCUT2D eigenvalue weighted by Crippen LogP contribution is 2.19. The van der Waals surface area contributed by atoms with Crippen LogP contribution >= 0.6 is 12.2 Å². The summed E-state index contributed by atoms with van der Waals surface area (Å²) in [5, 5.41) is 0. The Hall–Kier alpha value is -1.82. The Kier molecular flexibility index (Phi) is 3.38. The zero-order valence-electron chi connectivity index (χ0n) is 9.48. The van der Waals surface area contributed by atoms with Crippen molar-refractivity contribution in [1.82, 2.24) is 4.90 Å². The lowest BCUT2D eigenvalue weighted by molar-refractivity contribution is -0.139. The van der Waals surface area contributed by atoms with Crippen LogP contribution in [0.3, 0.4) is 0 Å². The Morgan fingerprint density at radius 3 is 2.50 bits per heavy atom. The highest BCUT2D eigenvalue weighted by atomic mass is 32.1. The summed E-state index contributed by atoms with van der Waals surface area (Å²) in [5.41, 5.74) is 6.46. The molecule has 2 N–H and O–H groups in total. The highest BCUT2D eigenvalue weighted by Gasteiger charge is 2.29. The fourth-order valence-corrected chi connectivity index (χ4v) is 2.10. The Morgan fingerprint density at radius 2 is 1.94 bits per heavy atom. The van der Waals surface area contributed by atoms with Gasteiger partial charge in [-0.25, -0.2) is 4.39 Å². The van der Waals surface area contributed by atoms with Gasteiger partial charge in [0.1, 0.15) is 10.8 Å². The fourth-order valence-electron chi connectivity index (χ4n) is 1.90. The van der Waals surface area contributed by atoms with Crippen molar-refractivity contribution in [1.29, 1.82) is 0 Å². The molecule has 0 radical (unpaired) electrons. The van der Waals surface area contributed by atoms with Gasteiger partial charge in [-0.1, -0.05) is 12.2 Å². The smallest absolute Gasteiger partial charge is 0.229 e. The minimum atomic E-state index is -0.455. The average molecular weight is 266 g/mol. The van der Waals surface area contributed by atoms with Crippen LogP contribution in [0.15, 0.2) is 18.2 Å². The summed E-state index contributed by atoms with van der Waals surface area (Å²) < 4.78 is 13.2. The minimum Gasteiger partial charge on any atom is -0.389 e. The zero-order valence-corrected chi connectivity index (χ0v) is 10.3. The third-order valence-corrected chi connectivity index (χ3v) is 3.04. The van der Waals surface area contributed by atoms with E-state index in [1.165, 1.54) is 18.2 Å². The third-order valence-electron chi connectivity index (χ3n) is 2.82. The number of carbonyl (C=O) groups is 2. The van der Waals surface area contributed by atoms with E-state index in [9.17, 15) is 14.0 Å². The van der Waals surface area contributed by atoms with Crippen LogP contribution in [-0.4, -0.2) is 21.7 Å². The number of imide groups is 1. The Morgan fingerprint density at radius 1 is 1.33 bits per heavy atom. The molecule has 1 aliphatic heterocycles. The molecule has 1 saturated heterocycles. The number of halogens is 1. The van der Waals surface area contributed by atoms with E-state index in [1.807, 2.05) is 0 Å². The van der Waals surface area contributed by atoms with E-state index in [-0.39, 0.29) is 36.2 Å². The molecular formula is C12H11FN2O2S. The van der Waals surface area contributed by atoms with Crippen molar-refractivity contribution in [2.45, 2.75) is 19.4 Å². The second kappa shape index (κ2) is 4.81. The van der Waals surface area contributed by atoms with Gasteiger partial charge in [-0.05, 0) is 23.8 Å². The van der Waals surface area contributed by atoms with E-state index in [0.29, 0.717) is 11.1 Å². The van der Waals surface area contributed by atoms with Crippen molar-refractivity contribution < 1.29 is 14.0 Å². The van der Waals surface area contributed by atoms with Gasteiger partial charge in [0.2, 0.25) is 11.8 Å². The first-order valence-corrected chi connectivity index (χ1v) is 5.81. The normalized spacial score (nSPS) is 15.3. The van der Waals surface area contributed by atoms with Gasteiger partial charge in [-0.3, -0.25) is 14.5 Å². The molecule has 0 atom stereocenters. The van der Waals surface area contributed by atoms with Crippen molar-refractivity contribution in [3.63, 3.8) is 0 Å². The number of benzene rings is 1. The summed E-state index contributed by atoms with van der Waals surface area (Å²) in [6.07, 6.45) is 0.410. The summed E-state index contributed by atoms with van der Waals surface area (Å²) >= 11 is 4.86. The molecule has 2 amide bonds. The SMILES string of the molecule is NC(=S)c1ccc(F)cc1CN1C(=O)CCC1=O. The average Bonchev–Trinajstić information content (AvgIpc) is 2.60. The first kappa shape index (κ1) is 12.6. The fraction of sp³-hybridized carbons (Fsp3) is 0.250. The molecule has 1 aliphatic rings. The van der Waals surface area contributed by atoms with Gasteiger partial charge in [-0.15, -0.1) is 0 Å². The van der Waals surface area contributed by atoms with Gasteiger partial charge in [0.05, 0.1) is 6.54 Å². The molecule has 1 aromatic rings. The summed E-state index contributed by atoms with van der Waals surface area (Å²) in [5.74, 6) is -0.958. The summed E-state index contributed by atoms with van der Waals surface area (Å²) in [4.78, 5) is 24.2. The predicted octanol–water partition coefficient (Wildman–Crippen LogP) is 1.11. The maximum atomic E-state index is 13.2. The molecule has 2 rings (SSSR count). The monoisotopic (exact) mass is 266 g/mol. The number of hydrogen-bond acceptors (Lipinski definition) is 3. The maximum absolute atomic E-state index is 13.2. The number of likely N-dealkylation sites (tertiary alicyclic amines) is 1. The van der Waals surface area contributed by atoms with Gasteiger partial charge < -0.3 is 5.73 Å². The maximum Gasteiger partial charge on any atom is 0.229 e. The zero-order chi connectivity index (χ0) is 13.3. The Labute approximate surface area is 109 Å². The van der Waals surface area contributed by atoms with Gasteiger partial charge in [0, 0.05) is 18.4 Å². The number of hydrogen-bond donors (Lipinski definition) is 1. The number of carbonyl (C=O) groups excluding carboxylic acids is 2. The highest BCUT2D eigenvalue weighted by molar-refractivity contribution is 7.80. The first-order chi connectivity index (χ1) is 8.49. The minimum absolute atomic E-state index is 0.0160. The molecule has 0 unspecified atom stereocenters. The molecule has 4 nitrogen and oxygen atoms in total. The summed E-state index contributed by atoms with van der Waals surface area (Å²) in [7, 11) is 0. The lowest BCUT2D eigenvalue weighted by Gasteiger charge is -2.16. The molecule has 1 heterocycles. The van der Waals surface area contributed by atoms with Gasteiger partial charge >= 0.3 is 0 Å². The van der Waals surface area contributed by atoms with E-state index in [0.717, 1.165) is 4.90 Å². The van der Waals surface area contributed by atoms with Crippen LogP contribution in [0.4, 0.5) is 4.39 Å². The van der Waals surface area contributed by atoms with Gasteiger partial charge in [0.25, 0.3) is 0 Å². The topological polar surface area (TPSA) is 63.4 Å². The first-order valence-electron chi connectivity index (χ1n) is 5.40. The van der Waals surface area contributed by atoms with Crippen molar-refractivity contribution in [3.8, 4) is 0 Å². The van der Waals surface area contributed by atoms with E-state index in [4.69, 9.17) is 18.0 Å². The van der Waals surface area contributed by atoms with Crippen molar-refractivity contribution in [2.24, 2.45) is 5.73 Å². The number of nitrogens with zero attached hydrogens (tertiary/aromatic N) is 1. The van der Waals surface area contributed by atoms with Gasteiger partial charge in [-0.2, -0.15) is 0 Å². The molecule has 18 heavy (non-hydrogen) atoms. The lowest BCUT2D eigenvalue weighted by Crippen LogP contribution is -2.29. The van der Waals surface area contributed by atoms with Crippen molar-refractivity contribution in [2.75, 3.05) is 0 Å². The van der Waals surface area contributed by atoms with Crippen LogP contribution < -0.4 is 5.73 Å². The van der Waals surface area contributed by atoms with Crippen LogP contribution in [0.25, 0.3) is 0 Å². The van der Waals surface area contributed by atoms with Crippen LogP contribution in [-0.2, 0) is 16.1 Å². The lowest BCUT2D eigenvalue weighted by atomic mass is 10.1. The second-order valence-corrected chi connectivity index (χ2v) is 4.48.